The van der Waals surface area contributed by atoms with Crippen molar-refractivity contribution >= 4 is 11.5 Å². The molecular formula is C20H24N4O3. The van der Waals surface area contributed by atoms with Gasteiger partial charge < -0.3 is 10.1 Å². The van der Waals surface area contributed by atoms with Crippen molar-refractivity contribution in [1.29, 1.82) is 0 Å². The molecule has 2 aliphatic rings. The van der Waals surface area contributed by atoms with Crippen LogP contribution in [-0.2, 0) is 0 Å². The number of hydrogen-bond acceptors (Lipinski definition) is 6. The maximum Gasteiger partial charge on any atom is 0.290 e. The van der Waals surface area contributed by atoms with E-state index in [0.717, 1.165) is 18.7 Å². The molecule has 4 rings (SSSR count). The van der Waals surface area contributed by atoms with Gasteiger partial charge in [-0.25, -0.2) is 4.98 Å². The van der Waals surface area contributed by atoms with E-state index in [1.54, 1.807) is 20.1 Å². The number of likely N-dealkylation sites (tertiary alicyclic amines) is 1. The first-order valence-corrected chi connectivity index (χ1v) is 9.34. The summed E-state index contributed by atoms with van der Waals surface area (Å²) in [6, 6.07) is 11.1. The van der Waals surface area contributed by atoms with Gasteiger partial charge in [-0.1, -0.05) is 12.1 Å². The molecule has 2 aromatic rings. The summed E-state index contributed by atoms with van der Waals surface area (Å²) in [4.78, 5) is 17.5. The van der Waals surface area contributed by atoms with E-state index in [0.29, 0.717) is 17.4 Å². The molecule has 7 heteroatoms. The SMILES string of the molecule is COc1cccc(C2C(Nc3cc(C)c([N+](=O)[O-])cn3)CCN2C2CC2)c1. The van der Waals surface area contributed by atoms with E-state index in [4.69, 9.17) is 4.74 Å². The zero-order valence-electron chi connectivity index (χ0n) is 15.6. The summed E-state index contributed by atoms with van der Waals surface area (Å²) in [6.07, 6.45) is 4.85. The van der Waals surface area contributed by atoms with E-state index in [1.807, 2.05) is 12.1 Å². The van der Waals surface area contributed by atoms with Gasteiger partial charge in [-0.05, 0) is 49.9 Å². The van der Waals surface area contributed by atoms with Gasteiger partial charge in [0.2, 0.25) is 0 Å². The Labute approximate surface area is 158 Å². The fourth-order valence-corrected chi connectivity index (χ4v) is 4.04. The number of methoxy groups -OCH3 is 1. The van der Waals surface area contributed by atoms with Gasteiger partial charge in [0.1, 0.15) is 17.8 Å². The molecule has 0 amide bonds. The quantitative estimate of drug-likeness (QED) is 0.619. The lowest BCUT2D eigenvalue weighted by Gasteiger charge is -2.29. The van der Waals surface area contributed by atoms with Crippen molar-refractivity contribution in [3.05, 3.63) is 57.8 Å². The Hall–Kier alpha value is -2.67. The lowest BCUT2D eigenvalue weighted by atomic mass is 9.99. The van der Waals surface area contributed by atoms with Gasteiger partial charge in [0.15, 0.2) is 0 Å². The van der Waals surface area contributed by atoms with E-state index in [9.17, 15) is 10.1 Å². The number of hydrogen-bond donors (Lipinski definition) is 1. The summed E-state index contributed by atoms with van der Waals surface area (Å²) in [5.41, 5.74) is 1.90. The number of anilines is 1. The van der Waals surface area contributed by atoms with Gasteiger partial charge in [-0.2, -0.15) is 0 Å². The maximum absolute atomic E-state index is 11.0. The fourth-order valence-electron chi connectivity index (χ4n) is 4.04. The molecule has 1 aliphatic heterocycles. The second kappa shape index (κ2) is 7.15. The summed E-state index contributed by atoms with van der Waals surface area (Å²) in [5.74, 6) is 1.55. The smallest absolute Gasteiger partial charge is 0.290 e. The molecule has 1 aliphatic carbocycles. The zero-order chi connectivity index (χ0) is 19.0. The van der Waals surface area contributed by atoms with Gasteiger partial charge >= 0.3 is 0 Å². The van der Waals surface area contributed by atoms with Gasteiger partial charge in [0.05, 0.1) is 18.1 Å². The summed E-state index contributed by atoms with van der Waals surface area (Å²) in [7, 11) is 1.69. The van der Waals surface area contributed by atoms with E-state index in [1.165, 1.54) is 24.6 Å². The summed E-state index contributed by atoms with van der Waals surface area (Å²) >= 11 is 0. The number of nitro groups is 1. The predicted octanol–water partition coefficient (Wildman–Crippen LogP) is 3.70. The Morgan fingerprint density at radius 3 is 2.78 bits per heavy atom. The van der Waals surface area contributed by atoms with Crippen LogP contribution in [0.25, 0.3) is 0 Å². The van der Waals surface area contributed by atoms with Crippen molar-refractivity contribution in [2.24, 2.45) is 0 Å². The van der Waals surface area contributed by atoms with E-state index >= 15 is 0 Å². The summed E-state index contributed by atoms with van der Waals surface area (Å²) < 4.78 is 5.42. The Bertz CT molecular complexity index is 853. The van der Waals surface area contributed by atoms with Crippen LogP contribution in [0.4, 0.5) is 11.5 Å². The molecule has 7 nitrogen and oxygen atoms in total. The Morgan fingerprint density at radius 1 is 1.30 bits per heavy atom. The normalized spacial score (nSPS) is 22.6. The topological polar surface area (TPSA) is 80.5 Å². The van der Waals surface area contributed by atoms with Gasteiger partial charge in [0.25, 0.3) is 5.69 Å². The van der Waals surface area contributed by atoms with Gasteiger partial charge in [0, 0.05) is 24.2 Å². The molecule has 142 valence electrons. The van der Waals surface area contributed by atoms with E-state index in [2.05, 4.69) is 27.3 Å². The molecule has 0 radical (unpaired) electrons. The Morgan fingerprint density at radius 2 is 2.11 bits per heavy atom. The van der Waals surface area contributed by atoms with Crippen molar-refractivity contribution in [2.45, 2.75) is 44.3 Å². The third kappa shape index (κ3) is 3.60. The molecule has 27 heavy (non-hydrogen) atoms. The first-order valence-electron chi connectivity index (χ1n) is 9.34. The lowest BCUT2D eigenvalue weighted by molar-refractivity contribution is -0.385. The molecule has 0 bridgehead atoms. The predicted molar refractivity (Wildman–Crippen MR) is 103 cm³/mol. The fraction of sp³-hybridized carbons (Fsp3) is 0.450. The molecule has 0 spiro atoms. The highest BCUT2D eigenvalue weighted by molar-refractivity contribution is 5.48. The molecule has 1 N–H and O–H groups in total. The van der Waals surface area contributed by atoms with Gasteiger partial charge in [-0.15, -0.1) is 0 Å². The summed E-state index contributed by atoms with van der Waals surface area (Å²) in [6.45, 7) is 2.78. The minimum Gasteiger partial charge on any atom is -0.497 e. The minimum atomic E-state index is -0.393. The number of benzene rings is 1. The van der Waals surface area contributed by atoms with Crippen LogP contribution in [0.3, 0.4) is 0 Å². The largest absolute Gasteiger partial charge is 0.497 e. The van der Waals surface area contributed by atoms with Crippen molar-refractivity contribution in [3.63, 3.8) is 0 Å². The molecule has 1 aromatic heterocycles. The molecule has 2 heterocycles. The number of rotatable bonds is 6. The van der Waals surface area contributed by atoms with Crippen molar-refractivity contribution in [2.75, 3.05) is 19.0 Å². The second-order valence-electron chi connectivity index (χ2n) is 7.34. The highest BCUT2D eigenvalue weighted by atomic mass is 16.6. The minimum absolute atomic E-state index is 0.0518. The molecule has 2 unspecified atom stereocenters. The Balaban J connectivity index is 1.60. The van der Waals surface area contributed by atoms with E-state index < -0.39 is 4.92 Å². The van der Waals surface area contributed by atoms with Crippen LogP contribution in [0.1, 0.15) is 36.4 Å². The number of aryl methyl sites for hydroxylation is 1. The number of pyridine rings is 1. The van der Waals surface area contributed by atoms with Crippen LogP contribution >= 0.6 is 0 Å². The molecule has 1 saturated heterocycles. The number of ether oxygens (including phenoxy) is 1. The first-order chi connectivity index (χ1) is 13.1. The number of nitrogens with one attached hydrogen (secondary N) is 1. The van der Waals surface area contributed by atoms with Gasteiger partial charge in [-0.3, -0.25) is 15.0 Å². The third-order valence-electron chi connectivity index (χ3n) is 5.50. The third-order valence-corrected chi connectivity index (χ3v) is 5.50. The average Bonchev–Trinajstić information content (AvgIpc) is 3.42. The maximum atomic E-state index is 11.0. The van der Waals surface area contributed by atoms with Crippen molar-refractivity contribution in [3.8, 4) is 5.75 Å². The zero-order valence-corrected chi connectivity index (χ0v) is 15.6. The first kappa shape index (κ1) is 17.7. The molecule has 2 fully saturated rings. The summed E-state index contributed by atoms with van der Waals surface area (Å²) in [5, 5.41) is 14.6. The van der Waals surface area contributed by atoms with Crippen LogP contribution in [-0.4, -0.2) is 40.5 Å². The average molecular weight is 368 g/mol. The van der Waals surface area contributed by atoms with Crippen LogP contribution in [0.15, 0.2) is 36.5 Å². The van der Waals surface area contributed by atoms with Crippen LogP contribution in [0.2, 0.25) is 0 Å². The highest BCUT2D eigenvalue weighted by Gasteiger charge is 2.43. The van der Waals surface area contributed by atoms with Crippen molar-refractivity contribution in [1.82, 2.24) is 9.88 Å². The monoisotopic (exact) mass is 368 g/mol. The number of aromatic nitrogens is 1. The second-order valence-corrected chi connectivity index (χ2v) is 7.34. The van der Waals surface area contributed by atoms with E-state index in [-0.39, 0.29) is 17.8 Å². The highest BCUT2D eigenvalue weighted by Crippen LogP contribution is 2.42. The molecular weight excluding hydrogens is 344 g/mol. The van der Waals surface area contributed by atoms with Crippen LogP contribution in [0.5, 0.6) is 5.75 Å². The Kier molecular flexibility index (Phi) is 4.70. The standard InChI is InChI=1S/C20H24N4O3/c1-13-10-19(21-12-18(13)24(25)26)22-17-8-9-23(15-6-7-15)20(17)14-4-3-5-16(11-14)27-2/h3-5,10-12,15,17,20H,6-9H2,1-2H3,(H,21,22). The number of nitrogens with zero attached hydrogens (tertiary/aromatic N) is 3. The molecule has 1 saturated carbocycles. The van der Waals surface area contributed by atoms with Crippen LogP contribution < -0.4 is 10.1 Å². The van der Waals surface area contributed by atoms with Crippen LogP contribution in [0, 0.1) is 17.0 Å². The van der Waals surface area contributed by atoms with Crippen molar-refractivity contribution < 1.29 is 9.66 Å². The molecule has 1 aromatic carbocycles. The lowest BCUT2D eigenvalue weighted by Crippen LogP contribution is -2.32. The molecule has 2 atom stereocenters.